The molecule has 0 heterocycles. The van der Waals surface area contributed by atoms with E-state index in [1.807, 2.05) is 0 Å². The number of hydrogen-bond donors (Lipinski definition) is 2. The van der Waals surface area contributed by atoms with Gasteiger partial charge >= 0.3 is 0 Å². The molecule has 5 nitrogen and oxygen atoms in total. The van der Waals surface area contributed by atoms with Crippen LogP contribution < -0.4 is 10.5 Å². The van der Waals surface area contributed by atoms with Gasteiger partial charge in [-0.3, -0.25) is 0 Å². The molecule has 0 amide bonds. The van der Waals surface area contributed by atoms with Crippen LogP contribution in [0.5, 0.6) is 0 Å². The van der Waals surface area contributed by atoms with Crippen LogP contribution in [0.3, 0.4) is 0 Å². The summed E-state index contributed by atoms with van der Waals surface area (Å²) in [6, 6.07) is 2.91. The van der Waals surface area contributed by atoms with Crippen LogP contribution in [0.4, 0.5) is 5.69 Å². The topological polar surface area (TPSA) is 81.4 Å². The van der Waals surface area contributed by atoms with Crippen LogP contribution in [0.15, 0.2) is 29.7 Å². The van der Waals surface area contributed by atoms with Gasteiger partial charge in [0, 0.05) is 17.3 Å². The summed E-state index contributed by atoms with van der Waals surface area (Å²) in [6.45, 7) is 6.21. The fourth-order valence-corrected chi connectivity index (χ4v) is 3.15. The molecule has 0 saturated heterocycles. The molecule has 1 aromatic rings. The summed E-state index contributed by atoms with van der Waals surface area (Å²) in [6.07, 6.45) is 2.47. The van der Waals surface area contributed by atoms with Crippen molar-refractivity contribution >= 4 is 27.3 Å². The number of hydrogen-bond acceptors (Lipinski definition) is 4. The number of halogens is 1. The summed E-state index contributed by atoms with van der Waals surface area (Å²) in [5.41, 5.74) is 6.55. The molecule has 1 rings (SSSR count). The van der Waals surface area contributed by atoms with Crippen molar-refractivity contribution in [1.82, 2.24) is 4.72 Å². The summed E-state index contributed by atoms with van der Waals surface area (Å²) >= 11 is 5.84. The second kappa shape index (κ2) is 7.64. The van der Waals surface area contributed by atoms with Crippen molar-refractivity contribution in [1.29, 1.82) is 0 Å². The normalized spacial score (nSPS) is 11.5. The van der Waals surface area contributed by atoms with Crippen LogP contribution in [0.2, 0.25) is 5.02 Å². The lowest BCUT2D eigenvalue weighted by Crippen LogP contribution is -2.28. The zero-order chi connectivity index (χ0) is 15.2. The third kappa shape index (κ3) is 4.79. The van der Waals surface area contributed by atoms with Crippen LogP contribution in [0, 0.1) is 6.92 Å². The number of ether oxygens (including phenoxy) is 1. The summed E-state index contributed by atoms with van der Waals surface area (Å²) in [5.74, 6) is 0. The molecule has 0 aliphatic heterocycles. The summed E-state index contributed by atoms with van der Waals surface area (Å²) < 4.78 is 32.0. The first-order valence-electron chi connectivity index (χ1n) is 6.12. The van der Waals surface area contributed by atoms with E-state index in [0.29, 0.717) is 24.5 Å². The van der Waals surface area contributed by atoms with E-state index in [4.69, 9.17) is 22.1 Å². The number of nitrogens with one attached hydrogen (secondary N) is 1. The molecular formula is C13H19ClN2O3S. The lowest BCUT2D eigenvalue weighted by molar-refractivity contribution is 0.144. The summed E-state index contributed by atoms with van der Waals surface area (Å²) in [4.78, 5) is 0.0913. The highest BCUT2D eigenvalue weighted by atomic mass is 35.5. The van der Waals surface area contributed by atoms with Crippen molar-refractivity contribution in [2.45, 2.75) is 18.2 Å². The van der Waals surface area contributed by atoms with Crippen molar-refractivity contribution in [3.05, 3.63) is 35.4 Å². The Hall–Kier alpha value is -1.08. The fourth-order valence-electron chi connectivity index (χ4n) is 1.55. The van der Waals surface area contributed by atoms with E-state index in [1.54, 1.807) is 13.0 Å². The molecule has 112 valence electrons. The van der Waals surface area contributed by atoms with Gasteiger partial charge in [-0.15, -0.1) is 6.58 Å². The SMILES string of the molecule is C=CCCOCCNS(=O)(=O)c1cc(Cl)cc(N)c1C. The number of nitrogen functional groups attached to an aromatic ring is 1. The predicted molar refractivity (Wildman–Crippen MR) is 81.4 cm³/mol. The van der Waals surface area contributed by atoms with Gasteiger partial charge in [-0.2, -0.15) is 0 Å². The third-order valence-corrected chi connectivity index (χ3v) is 4.46. The molecule has 0 fully saturated rings. The third-order valence-electron chi connectivity index (χ3n) is 2.66. The number of nitrogens with two attached hydrogens (primary N) is 1. The minimum atomic E-state index is -3.64. The number of sulfonamides is 1. The smallest absolute Gasteiger partial charge is 0.241 e. The van der Waals surface area contributed by atoms with Crippen molar-refractivity contribution in [2.24, 2.45) is 0 Å². The highest BCUT2D eigenvalue weighted by Gasteiger charge is 2.18. The van der Waals surface area contributed by atoms with Gasteiger partial charge in [0.15, 0.2) is 0 Å². The van der Waals surface area contributed by atoms with Crippen molar-refractivity contribution in [3.63, 3.8) is 0 Å². The first kappa shape index (κ1) is 17.0. The fraction of sp³-hybridized carbons (Fsp3) is 0.385. The van der Waals surface area contributed by atoms with Gasteiger partial charge in [0.2, 0.25) is 10.0 Å². The molecule has 0 bridgehead atoms. The maximum absolute atomic E-state index is 12.1. The quantitative estimate of drug-likeness (QED) is 0.437. The molecule has 0 atom stereocenters. The van der Waals surface area contributed by atoms with Crippen LogP contribution in [0.25, 0.3) is 0 Å². The molecule has 0 aromatic heterocycles. The maximum atomic E-state index is 12.1. The van der Waals surface area contributed by atoms with Crippen molar-refractivity contribution in [3.8, 4) is 0 Å². The Morgan fingerprint density at radius 3 is 2.80 bits per heavy atom. The van der Waals surface area contributed by atoms with Gasteiger partial charge in [-0.1, -0.05) is 17.7 Å². The Morgan fingerprint density at radius 1 is 1.45 bits per heavy atom. The largest absolute Gasteiger partial charge is 0.398 e. The first-order valence-corrected chi connectivity index (χ1v) is 7.98. The number of anilines is 1. The molecule has 1 aromatic carbocycles. The molecule has 7 heteroatoms. The zero-order valence-corrected chi connectivity index (χ0v) is 12.9. The molecule has 0 saturated carbocycles. The van der Waals surface area contributed by atoms with Gasteiger partial charge in [-0.25, -0.2) is 13.1 Å². The maximum Gasteiger partial charge on any atom is 0.241 e. The van der Waals surface area contributed by atoms with Crippen LogP contribution in [-0.4, -0.2) is 28.2 Å². The average molecular weight is 319 g/mol. The van der Waals surface area contributed by atoms with Gasteiger partial charge < -0.3 is 10.5 Å². The van der Waals surface area contributed by atoms with E-state index >= 15 is 0 Å². The van der Waals surface area contributed by atoms with Crippen molar-refractivity contribution < 1.29 is 13.2 Å². The first-order chi connectivity index (χ1) is 9.38. The van der Waals surface area contributed by atoms with E-state index in [0.717, 1.165) is 6.42 Å². The molecule has 0 unspecified atom stereocenters. The minimum Gasteiger partial charge on any atom is -0.398 e. The highest BCUT2D eigenvalue weighted by Crippen LogP contribution is 2.25. The van der Waals surface area contributed by atoms with Crippen molar-refractivity contribution in [2.75, 3.05) is 25.5 Å². The second-order valence-corrected chi connectivity index (χ2v) is 6.38. The van der Waals surface area contributed by atoms with E-state index in [9.17, 15) is 8.42 Å². The van der Waals surface area contributed by atoms with E-state index in [-0.39, 0.29) is 16.5 Å². The summed E-state index contributed by atoms with van der Waals surface area (Å²) in [5, 5.41) is 0.288. The predicted octanol–water partition coefficient (Wildman–Crippen LogP) is 2.10. The number of rotatable bonds is 8. The molecule has 0 aliphatic carbocycles. The lowest BCUT2D eigenvalue weighted by atomic mass is 10.2. The monoisotopic (exact) mass is 318 g/mol. The Kier molecular flexibility index (Phi) is 6.48. The number of benzene rings is 1. The lowest BCUT2D eigenvalue weighted by Gasteiger charge is -2.11. The van der Waals surface area contributed by atoms with Gasteiger partial charge in [0.05, 0.1) is 18.1 Å². The van der Waals surface area contributed by atoms with Gasteiger partial charge in [0.1, 0.15) is 0 Å². The van der Waals surface area contributed by atoms with Crippen LogP contribution in [-0.2, 0) is 14.8 Å². The Labute approximate surface area is 124 Å². The summed E-state index contributed by atoms with van der Waals surface area (Å²) in [7, 11) is -3.64. The molecule has 3 N–H and O–H groups in total. The molecule has 20 heavy (non-hydrogen) atoms. The molecular weight excluding hydrogens is 300 g/mol. The van der Waals surface area contributed by atoms with Gasteiger partial charge in [0.25, 0.3) is 0 Å². The van der Waals surface area contributed by atoms with E-state index < -0.39 is 10.0 Å². The van der Waals surface area contributed by atoms with Crippen LogP contribution in [0.1, 0.15) is 12.0 Å². The second-order valence-electron chi connectivity index (χ2n) is 4.21. The van der Waals surface area contributed by atoms with Gasteiger partial charge in [-0.05, 0) is 31.0 Å². The molecule has 0 aliphatic rings. The molecule has 0 radical (unpaired) electrons. The van der Waals surface area contributed by atoms with E-state index in [1.165, 1.54) is 12.1 Å². The highest BCUT2D eigenvalue weighted by molar-refractivity contribution is 7.89. The van der Waals surface area contributed by atoms with E-state index in [2.05, 4.69) is 11.3 Å². The Morgan fingerprint density at radius 2 is 2.15 bits per heavy atom. The Balaban J connectivity index is 2.67. The average Bonchev–Trinajstić information content (AvgIpc) is 2.37. The molecule has 0 spiro atoms. The standard InChI is InChI=1S/C13H19ClN2O3S/c1-3-4-6-19-7-5-16-20(17,18)13-9-11(14)8-12(15)10(13)2/h3,8-9,16H,1,4-7,15H2,2H3. The van der Waals surface area contributed by atoms with Crippen LogP contribution >= 0.6 is 11.6 Å². The Bertz CT molecular complexity index is 573. The zero-order valence-electron chi connectivity index (χ0n) is 11.4. The minimum absolute atomic E-state index is 0.0913.